The van der Waals surface area contributed by atoms with E-state index in [0.29, 0.717) is 17.0 Å². The number of ether oxygens (including phenoxy) is 1. The molecule has 2 aromatic heterocycles. The van der Waals surface area contributed by atoms with Crippen LogP contribution in [0.5, 0.6) is 5.75 Å². The van der Waals surface area contributed by atoms with E-state index in [1.54, 1.807) is 48.3 Å². The van der Waals surface area contributed by atoms with Crippen LogP contribution in [-0.2, 0) is 6.54 Å². The number of methoxy groups -OCH3 is 1. The summed E-state index contributed by atoms with van der Waals surface area (Å²) >= 11 is 0. The van der Waals surface area contributed by atoms with Crippen molar-refractivity contribution in [2.75, 3.05) is 7.11 Å². The van der Waals surface area contributed by atoms with Crippen LogP contribution in [-0.4, -0.2) is 21.6 Å². The van der Waals surface area contributed by atoms with Crippen LogP contribution < -0.4 is 10.3 Å². The minimum absolute atomic E-state index is 0.167. The van der Waals surface area contributed by atoms with E-state index in [9.17, 15) is 4.79 Å². The molecule has 0 N–H and O–H groups in total. The number of pyridine rings is 1. The minimum atomic E-state index is -0.167. The second kappa shape index (κ2) is 8.41. The molecule has 0 atom stereocenters. The van der Waals surface area contributed by atoms with Crippen LogP contribution in [0.25, 0.3) is 22.5 Å². The van der Waals surface area contributed by atoms with Crippen molar-refractivity contribution in [2.24, 2.45) is 0 Å². The van der Waals surface area contributed by atoms with E-state index in [1.165, 1.54) is 0 Å². The Hall–Kier alpha value is -4.24. The van der Waals surface area contributed by atoms with E-state index in [4.69, 9.17) is 10.00 Å². The molecule has 6 nitrogen and oxygen atoms in total. The maximum atomic E-state index is 13.5. The van der Waals surface area contributed by atoms with Crippen LogP contribution in [0.15, 0.2) is 83.9 Å². The molecule has 0 radical (unpaired) electrons. The van der Waals surface area contributed by atoms with Crippen LogP contribution in [0.1, 0.15) is 11.3 Å². The zero-order valence-electron chi connectivity index (χ0n) is 16.3. The Bertz CT molecular complexity index is 1260. The highest BCUT2D eigenvalue weighted by molar-refractivity contribution is 5.65. The lowest BCUT2D eigenvalue weighted by Crippen LogP contribution is -2.25. The fourth-order valence-corrected chi connectivity index (χ4v) is 3.19. The van der Waals surface area contributed by atoms with Gasteiger partial charge in [-0.05, 0) is 54.1 Å². The number of aromatic nitrogens is 3. The molecule has 0 aliphatic heterocycles. The predicted octanol–water partition coefficient (Wildman–Crippen LogP) is 3.90. The molecule has 146 valence electrons. The summed E-state index contributed by atoms with van der Waals surface area (Å²) < 4.78 is 6.82. The van der Waals surface area contributed by atoms with Crippen LogP contribution in [0.3, 0.4) is 0 Å². The van der Waals surface area contributed by atoms with Crippen molar-refractivity contribution in [3.63, 3.8) is 0 Å². The summed E-state index contributed by atoms with van der Waals surface area (Å²) in [6.45, 7) is 0.284. The van der Waals surface area contributed by atoms with Crippen molar-refractivity contribution in [3.05, 3.63) is 101 Å². The molecular weight excluding hydrogens is 376 g/mol. The lowest BCUT2D eigenvalue weighted by atomic mass is 10.1. The molecule has 0 saturated carbocycles. The number of nitrogens with zero attached hydrogens (tertiary/aromatic N) is 4. The van der Waals surface area contributed by atoms with Gasteiger partial charge in [-0.25, -0.2) is 4.98 Å². The minimum Gasteiger partial charge on any atom is -0.497 e. The van der Waals surface area contributed by atoms with Crippen molar-refractivity contribution in [1.82, 2.24) is 14.5 Å². The third-order valence-corrected chi connectivity index (χ3v) is 4.77. The first-order valence-corrected chi connectivity index (χ1v) is 9.34. The lowest BCUT2D eigenvalue weighted by Gasteiger charge is -2.14. The average molecular weight is 394 g/mol. The molecule has 0 bridgehead atoms. The van der Waals surface area contributed by atoms with Gasteiger partial charge in [-0.3, -0.25) is 14.3 Å². The molecule has 6 heteroatoms. The van der Waals surface area contributed by atoms with Gasteiger partial charge in [-0.15, -0.1) is 0 Å². The zero-order valence-corrected chi connectivity index (χ0v) is 16.3. The number of hydrogen-bond donors (Lipinski definition) is 0. The molecule has 2 aromatic carbocycles. The molecule has 0 spiro atoms. The monoisotopic (exact) mass is 394 g/mol. The first-order valence-electron chi connectivity index (χ1n) is 9.34. The van der Waals surface area contributed by atoms with Gasteiger partial charge >= 0.3 is 0 Å². The van der Waals surface area contributed by atoms with Gasteiger partial charge in [0.25, 0.3) is 5.56 Å². The van der Waals surface area contributed by atoms with E-state index < -0.39 is 0 Å². The van der Waals surface area contributed by atoms with Crippen LogP contribution in [0, 0.1) is 11.3 Å². The van der Waals surface area contributed by atoms with E-state index in [2.05, 4.69) is 16.0 Å². The molecular formula is C24H18N4O2. The maximum absolute atomic E-state index is 13.5. The van der Waals surface area contributed by atoms with Gasteiger partial charge in [-0.2, -0.15) is 5.26 Å². The molecule has 0 amide bonds. The third kappa shape index (κ3) is 3.82. The average Bonchev–Trinajstić information content (AvgIpc) is 2.81. The van der Waals surface area contributed by atoms with Crippen LogP contribution in [0.4, 0.5) is 0 Å². The van der Waals surface area contributed by atoms with E-state index in [1.807, 2.05) is 42.5 Å². The highest BCUT2D eigenvalue weighted by Gasteiger charge is 2.15. The highest BCUT2D eigenvalue weighted by atomic mass is 16.5. The Kier molecular flexibility index (Phi) is 5.35. The summed E-state index contributed by atoms with van der Waals surface area (Å²) in [5.41, 5.74) is 3.14. The second-order valence-corrected chi connectivity index (χ2v) is 6.63. The first-order chi connectivity index (χ1) is 14.7. The van der Waals surface area contributed by atoms with Gasteiger partial charge in [0.2, 0.25) is 0 Å². The van der Waals surface area contributed by atoms with E-state index in [-0.39, 0.29) is 12.1 Å². The topological polar surface area (TPSA) is 80.8 Å². The predicted molar refractivity (Wildman–Crippen MR) is 114 cm³/mol. The normalized spacial score (nSPS) is 10.4. The number of hydrogen-bond acceptors (Lipinski definition) is 5. The van der Waals surface area contributed by atoms with Crippen LogP contribution in [0.2, 0.25) is 0 Å². The summed E-state index contributed by atoms with van der Waals surface area (Å²) in [6.07, 6.45) is 3.29. The zero-order chi connectivity index (χ0) is 20.9. The van der Waals surface area contributed by atoms with Gasteiger partial charge in [0.05, 0.1) is 36.5 Å². The summed E-state index contributed by atoms with van der Waals surface area (Å²) in [4.78, 5) is 22.4. The molecule has 0 saturated heterocycles. The van der Waals surface area contributed by atoms with Crippen molar-refractivity contribution in [1.29, 1.82) is 5.26 Å². The van der Waals surface area contributed by atoms with Crippen molar-refractivity contribution in [3.8, 4) is 34.3 Å². The fourth-order valence-electron chi connectivity index (χ4n) is 3.19. The molecule has 0 fully saturated rings. The molecule has 0 aliphatic rings. The molecule has 30 heavy (non-hydrogen) atoms. The Balaban J connectivity index is 1.86. The molecule has 4 aromatic rings. The number of rotatable bonds is 5. The number of nitriles is 1. The molecule has 0 unspecified atom stereocenters. The third-order valence-electron chi connectivity index (χ3n) is 4.77. The Morgan fingerprint density at radius 1 is 0.967 bits per heavy atom. The highest BCUT2D eigenvalue weighted by Crippen LogP contribution is 2.22. The fraction of sp³-hybridized carbons (Fsp3) is 0.0833. The van der Waals surface area contributed by atoms with Crippen molar-refractivity contribution >= 4 is 0 Å². The number of benzene rings is 2. The summed E-state index contributed by atoms with van der Waals surface area (Å²) in [6, 6.07) is 22.0. The van der Waals surface area contributed by atoms with Gasteiger partial charge in [0, 0.05) is 18.0 Å². The Labute approximate surface area is 173 Å². The van der Waals surface area contributed by atoms with Gasteiger partial charge < -0.3 is 4.74 Å². The smallest absolute Gasteiger partial charge is 0.261 e. The quantitative estimate of drug-likeness (QED) is 0.513. The van der Waals surface area contributed by atoms with Crippen molar-refractivity contribution in [2.45, 2.75) is 6.54 Å². The maximum Gasteiger partial charge on any atom is 0.261 e. The van der Waals surface area contributed by atoms with Crippen LogP contribution >= 0.6 is 0 Å². The van der Waals surface area contributed by atoms with Gasteiger partial charge in [0.1, 0.15) is 11.6 Å². The molecule has 2 heterocycles. The van der Waals surface area contributed by atoms with Gasteiger partial charge in [-0.1, -0.05) is 18.2 Å². The summed E-state index contributed by atoms with van der Waals surface area (Å²) in [5.74, 6) is 1.24. The van der Waals surface area contributed by atoms with Gasteiger partial charge in [0.15, 0.2) is 0 Å². The first kappa shape index (κ1) is 19.1. The Morgan fingerprint density at radius 2 is 1.70 bits per heavy atom. The SMILES string of the molecule is COc1ccc(-c2cnc(-c3ccc(C#N)cc3)n(Cc3ccccn3)c2=O)cc1. The summed E-state index contributed by atoms with van der Waals surface area (Å²) in [7, 11) is 1.60. The van der Waals surface area contributed by atoms with E-state index in [0.717, 1.165) is 22.6 Å². The molecule has 4 rings (SSSR count). The summed E-state index contributed by atoms with van der Waals surface area (Å²) in [5, 5.41) is 9.05. The standard InChI is InChI=1S/C24H18N4O2/c1-30-21-11-9-18(10-12-21)22-15-27-23(19-7-5-17(14-25)6-8-19)28(24(22)29)16-20-4-2-3-13-26-20/h2-13,15H,16H2,1H3. The lowest BCUT2D eigenvalue weighted by molar-refractivity contribution is 0.415. The van der Waals surface area contributed by atoms with Crippen molar-refractivity contribution < 1.29 is 4.74 Å². The second-order valence-electron chi connectivity index (χ2n) is 6.63. The molecule has 0 aliphatic carbocycles. The largest absolute Gasteiger partial charge is 0.497 e. The van der Waals surface area contributed by atoms with E-state index >= 15 is 0 Å². The Morgan fingerprint density at radius 3 is 2.33 bits per heavy atom.